The highest BCUT2D eigenvalue weighted by molar-refractivity contribution is 4.72. The lowest BCUT2D eigenvalue weighted by atomic mass is 9.85. The number of nitrogens with one attached hydrogen (secondary N) is 1. The van der Waals surface area contributed by atoms with Crippen LogP contribution in [0.2, 0.25) is 0 Å². The average molecular weight is 195 g/mol. The predicted molar refractivity (Wildman–Crippen MR) is 61.4 cm³/mol. The van der Waals surface area contributed by atoms with E-state index >= 15 is 0 Å². The first-order chi connectivity index (χ1) is 6.95. The Morgan fingerprint density at radius 1 is 0.857 bits per heavy atom. The molecule has 2 saturated carbocycles. The van der Waals surface area contributed by atoms with Crippen LogP contribution in [0.4, 0.5) is 0 Å². The molecule has 0 spiro atoms. The molecule has 2 aliphatic rings. The minimum absolute atomic E-state index is 1.03. The molecule has 0 radical (unpaired) electrons. The van der Waals surface area contributed by atoms with E-state index in [4.69, 9.17) is 0 Å². The highest BCUT2D eigenvalue weighted by Gasteiger charge is 2.16. The van der Waals surface area contributed by atoms with Crippen molar-refractivity contribution in [1.29, 1.82) is 0 Å². The maximum absolute atomic E-state index is 3.61. The van der Waals surface area contributed by atoms with Crippen molar-refractivity contribution >= 4 is 0 Å². The van der Waals surface area contributed by atoms with Gasteiger partial charge in [-0.15, -0.1) is 0 Å². The van der Waals surface area contributed by atoms with Crippen molar-refractivity contribution in [3.63, 3.8) is 0 Å². The average Bonchev–Trinajstić information content (AvgIpc) is 2.60. The number of rotatable bonds is 6. The van der Waals surface area contributed by atoms with Crippen LogP contribution in [0.1, 0.15) is 57.8 Å². The van der Waals surface area contributed by atoms with Crippen LogP contribution in [-0.4, -0.2) is 13.1 Å². The van der Waals surface area contributed by atoms with Crippen molar-refractivity contribution in [2.45, 2.75) is 57.8 Å². The Bertz CT molecular complexity index is 145. The molecule has 82 valence electrons. The minimum Gasteiger partial charge on any atom is -0.316 e. The zero-order chi connectivity index (χ0) is 9.64. The molecule has 1 N–H and O–H groups in total. The van der Waals surface area contributed by atoms with Gasteiger partial charge in [0.25, 0.3) is 0 Å². The van der Waals surface area contributed by atoms with Crippen LogP contribution in [0, 0.1) is 11.8 Å². The molecular formula is C13H25N. The van der Waals surface area contributed by atoms with Gasteiger partial charge >= 0.3 is 0 Å². The van der Waals surface area contributed by atoms with Crippen LogP contribution in [0.25, 0.3) is 0 Å². The molecule has 2 rings (SSSR count). The Balaban J connectivity index is 1.39. The lowest BCUT2D eigenvalue weighted by Gasteiger charge is -2.25. The molecule has 0 aromatic rings. The van der Waals surface area contributed by atoms with Crippen LogP contribution < -0.4 is 5.32 Å². The van der Waals surface area contributed by atoms with Crippen molar-refractivity contribution < 1.29 is 0 Å². The van der Waals surface area contributed by atoms with Crippen LogP contribution >= 0.6 is 0 Å². The lowest BCUT2D eigenvalue weighted by Crippen LogP contribution is -2.28. The molecule has 0 saturated heterocycles. The molecule has 0 heterocycles. The molecule has 0 atom stereocenters. The predicted octanol–water partition coefficient (Wildman–Crippen LogP) is 3.35. The second kappa shape index (κ2) is 5.75. The van der Waals surface area contributed by atoms with Gasteiger partial charge in [0, 0.05) is 0 Å². The standard InChI is InChI=1S/C13H25N/c1-2-6-12(5-1)9-4-10-14-11-13-7-3-8-13/h12-14H,1-11H2. The summed E-state index contributed by atoms with van der Waals surface area (Å²) in [5.74, 6) is 2.11. The Labute approximate surface area is 88.7 Å². The molecule has 0 aromatic heterocycles. The fourth-order valence-corrected chi connectivity index (χ4v) is 2.82. The second-order valence-corrected chi connectivity index (χ2v) is 5.29. The molecule has 2 aliphatic carbocycles. The summed E-state index contributed by atoms with van der Waals surface area (Å²) in [5.41, 5.74) is 0. The van der Waals surface area contributed by atoms with Crippen molar-refractivity contribution in [3.05, 3.63) is 0 Å². The summed E-state index contributed by atoms with van der Waals surface area (Å²) in [6.07, 6.45) is 13.4. The maximum Gasteiger partial charge on any atom is -0.00205 e. The van der Waals surface area contributed by atoms with E-state index in [-0.39, 0.29) is 0 Å². The molecule has 0 bridgehead atoms. The van der Waals surface area contributed by atoms with Crippen molar-refractivity contribution in [1.82, 2.24) is 5.32 Å². The normalized spacial score (nSPS) is 24.0. The summed E-state index contributed by atoms with van der Waals surface area (Å²) >= 11 is 0. The molecule has 0 aromatic carbocycles. The van der Waals surface area contributed by atoms with Crippen LogP contribution in [0.5, 0.6) is 0 Å². The van der Waals surface area contributed by atoms with Crippen molar-refractivity contribution in [2.75, 3.05) is 13.1 Å². The Morgan fingerprint density at radius 2 is 1.57 bits per heavy atom. The smallest absolute Gasteiger partial charge is 0.00205 e. The second-order valence-electron chi connectivity index (χ2n) is 5.29. The first kappa shape index (κ1) is 10.5. The van der Waals surface area contributed by atoms with Gasteiger partial charge in [0.2, 0.25) is 0 Å². The van der Waals surface area contributed by atoms with E-state index in [1.54, 1.807) is 0 Å². The van der Waals surface area contributed by atoms with Gasteiger partial charge in [0.1, 0.15) is 0 Å². The summed E-state index contributed by atoms with van der Waals surface area (Å²) in [6.45, 7) is 2.57. The quantitative estimate of drug-likeness (QED) is 0.641. The SMILES string of the molecule is C1CCC(CCCNCC2CCC2)C1. The van der Waals surface area contributed by atoms with Crippen molar-refractivity contribution in [3.8, 4) is 0 Å². The fourth-order valence-electron chi connectivity index (χ4n) is 2.82. The van der Waals surface area contributed by atoms with Gasteiger partial charge in [-0.25, -0.2) is 0 Å². The first-order valence-electron chi connectivity index (χ1n) is 6.66. The van der Waals surface area contributed by atoms with Crippen molar-refractivity contribution in [2.24, 2.45) is 11.8 Å². The maximum atomic E-state index is 3.61. The highest BCUT2D eigenvalue weighted by atomic mass is 14.9. The van der Waals surface area contributed by atoms with E-state index in [9.17, 15) is 0 Å². The molecule has 1 nitrogen and oxygen atoms in total. The minimum atomic E-state index is 1.03. The van der Waals surface area contributed by atoms with Crippen LogP contribution in [-0.2, 0) is 0 Å². The zero-order valence-electron chi connectivity index (χ0n) is 9.43. The third-order valence-electron chi connectivity index (χ3n) is 4.10. The van der Waals surface area contributed by atoms with Gasteiger partial charge in [-0.05, 0) is 50.6 Å². The van der Waals surface area contributed by atoms with E-state index in [1.165, 1.54) is 70.9 Å². The Kier molecular flexibility index (Phi) is 4.30. The monoisotopic (exact) mass is 195 g/mol. The van der Waals surface area contributed by atoms with E-state index in [1.807, 2.05) is 0 Å². The molecule has 0 aliphatic heterocycles. The van der Waals surface area contributed by atoms with Crippen LogP contribution in [0.3, 0.4) is 0 Å². The van der Waals surface area contributed by atoms with Gasteiger partial charge in [-0.2, -0.15) is 0 Å². The molecule has 0 amide bonds. The summed E-state index contributed by atoms with van der Waals surface area (Å²) < 4.78 is 0. The van der Waals surface area contributed by atoms with Gasteiger partial charge in [-0.1, -0.05) is 32.1 Å². The highest BCUT2D eigenvalue weighted by Crippen LogP contribution is 2.28. The lowest BCUT2D eigenvalue weighted by molar-refractivity contribution is 0.300. The summed E-state index contributed by atoms with van der Waals surface area (Å²) in [4.78, 5) is 0. The molecule has 14 heavy (non-hydrogen) atoms. The van der Waals surface area contributed by atoms with Gasteiger partial charge < -0.3 is 5.32 Å². The number of hydrogen-bond acceptors (Lipinski definition) is 1. The first-order valence-corrected chi connectivity index (χ1v) is 6.66. The largest absolute Gasteiger partial charge is 0.316 e. The third kappa shape index (κ3) is 3.27. The van der Waals surface area contributed by atoms with Crippen LogP contribution in [0.15, 0.2) is 0 Å². The van der Waals surface area contributed by atoms with Gasteiger partial charge in [0.05, 0.1) is 0 Å². The van der Waals surface area contributed by atoms with E-state index < -0.39 is 0 Å². The molecule has 1 heteroatoms. The summed E-state index contributed by atoms with van der Waals surface area (Å²) in [7, 11) is 0. The van der Waals surface area contributed by atoms with E-state index in [0.717, 1.165) is 11.8 Å². The molecule has 2 fully saturated rings. The third-order valence-corrected chi connectivity index (χ3v) is 4.10. The van der Waals surface area contributed by atoms with Gasteiger partial charge in [0.15, 0.2) is 0 Å². The molecule has 0 unspecified atom stereocenters. The fraction of sp³-hybridized carbons (Fsp3) is 1.00. The van der Waals surface area contributed by atoms with Gasteiger partial charge in [-0.3, -0.25) is 0 Å². The summed E-state index contributed by atoms with van der Waals surface area (Å²) in [5, 5.41) is 3.61. The molecular weight excluding hydrogens is 170 g/mol. The Morgan fingerprint density at radius 3 is 2.21 bits per heavy atom. The van der Waals surface area contributed by atoms with E-state index in [0.29, 0.717) is 0 Å². The zero-order valence-corrected chi connectivity index (χ0v) is 9.43. The topological polar surface area (TPSA) is 12.0 Å². The number of hydrogen-bond donors (Lipinski definition) is 1. The summed E-state index contributed by atoms with van der Waals surface area (Å²) in [6, 6.07) is 0. The van der Waals surface area contributed by atoms with E-state index in [2.05, 4.69) is 5.32 Å². The Hall–Kier alpha value is -0.0400.